The highest BCUT2D eigenvalue weighted by molar-refractivity contribution is 5.90. The van der Waals surface area contributed by atoms with Crippen LogP contribution in [0.3, 0.4) is 0 Å². The monoisotopic (exact) mass is 466 g/mol. The molecular weight excluding hydrogens is 437 g/mol. The third-order valence-corrected chi connectivity index (χ3v) is 5.10. The molecule has 0 aliphatic rings. The molecule has 33 heavy (non-hydrogen) atoms. The minimum Gasteiger partial charge on any atom is -0.497 e. The number of halogens is 3. The van der Waals surface area contributed by atoms with Gasteiger partial charge in [-0.15, -0.1) is 0 Å². The highest BCUT2D eigenvalue weighted by Crippen LogP contribution is 2.25. The van der Waals surface area contributed by atoms with E-state index in [1.165, 1.54) is 7.11 Å². The van der Waals surface area contributed by atoms with Crippen LogP contribution in [0.5, 0.6) is 5.75 Å². The van der Waals surface area contributed by atoms with Crippen LogP contribution in [-0.4, -0.2) is 42.2 Å². The summed E-state index contributed by atoms with van der Waals surface area (Å²) in [4.78, 5) is 29.8. The van der Waals surface area contributed by atoms with E-state index < -0.39 is 48.5 Å². The number of amides is 2. The van der Waals surface area contributed by atoms with Crippen molar-refractivity contribution in [1.29, 1.82) is 0 Å². The van der Waals surface area contributed by atoms with Crippen molar-refractivity contribution >= 4 is 11.8 Å². The molecule has 7 nitrogen and oxygen atoms in total. The van der Waals surface area contributed by atoms with Gasteiger partial charge >= 0.3 is 6.18 Å². The first-order chi connectivity index (χ1) is 15.5. The molecule has 0 radical (unpaired) electrons. The van der Waals surface area contributed by atoms with Crippen LogP contribution in [0.25, 0.3) is 0 Å². The first-order valence-electron chi connectivity index (χ1n) is 10.5. The number of carbonyl (C=O) groups is 2. The fraction of sp³-hybridized carbons (Fsp3) is 0.435. The van der Waals surface area contributed by atoms with Crippen molar-refractivity contribution in [3.63, 3.8) is 0 Å². The summed E-state index contributed by atoms with van der Waals surface area (Å²) in [7, 11) is 1.48. The molecule has 0 fully saturated rings. The predicted octanol–water partition coefficient (Wildman–Crippen LogP) is 2.91. The molecule has 2 amide bonds. The maximum absolute atomic E-state index is 13.0. The Kier molecular flexibility index (Phi) is 9.22. The number of hydrogen-bond donors (Lipinski definition) is 3. The van der Waals surface area contributed by atoms with Gasteiger partial charge in [0.2, 0.25) is 11.8 Å². The highest BCUT2D eigenvalue weighted by atomic mass is 19.4. The molecule has 0 saturated carbocycles. The molecule has 3 atom stereocenters. The molecule has 2 aromatic rings. The number of rotatable bonds is 10. The van der Waals surface area contributed by atoms with Gasteiger partial charge in [0.25, 0.3) is 0 Å². The van der Waals surface area contributed by atoms with Gasteiger partial charge < -0.3 is 21.1 Å². The van der Waals surface area contributed by atoms with Crippen LogP contribution >= 0.6 is 0 Å². The van der Waals surface area contributed by atoms with Crippen LogP contribution in [0.4, 0.5) is 13.2 Å². The van der Waals surface area contributed by atoms with E-state index in [1.807, 2.05) is 0 Å². The Morgan fingerprint density at radius 1 is 1.09 bits per heavy atom. The van der Waals surface area contributed by atoms with Gasteiger partial charge in [0.15, 0.2) is 0 Å². The zero-order valence-corrected chi connectivity index (χ0v) is 18.7. The van der Waals surface area contributed by atoms with E-state index in [0.717, 1.165) is 5.56 Å². The van der Waals surface area contributed by atoms with Crippen molar-refractivity contribution in [1.82, 2.24) is 15.6 Å². The number of ether oxygens (including phenoxy) is 1. The maximum atomic E-state index is 13.0. The molecule has 1 aromatic heterocycles. The SMILES string of the molecule is COc1ccc(C(NC(=O)C(N)Cc2cccnc2)C(=O)N[C@H](CC(F)(F)F)C(C)C)cc1. The van der Waals surface area contributed by atoms with Gasteiger partial charge in [0, 0.05) is 18.4 Å². The fourth-order valence-electron chi connectivity index (χ4n) is 3.18. The van der Waals surface area contributed by atoms with Crippen molar-refractivity contribution < 1.29 is 27.5 Å². The van der Waals surface area contributed by atoms with E-state index >= 15 is 0 Å². The number of carbonyl (C=O) groups excluding carboxylic acids is 2. The minimum atomic E-state index is -4.45. The van der Waals surface area contributed by atoms with E-state index in [2.05, 4.69) is 15.6 Å². The molecule has 10 heteroatoms. The zero-order valence-electron chi connectivity index (χ0n) is 18.7. The molecule has 2 rings (SSSR count). The van der Waals surface area contributed by atoms with Crippen LogP contribution in [-0.2, 0) is 16.0 Å². The second-order valence-corrected chi connectivity index (χ2v) is 8.07. The number of benzene rings is 1. The number of aromatic nitrogens is 1. The van der Waals surface area contributed by atoms with Crippen molar-refractivity contribution in [3.05, 3.63) is 59.9 Å². The van der Waals surface area contributed by atoms with Gasteiger partial charge in [-0.05, 0) is 41.7 Å². The molecule has 0 saturated heterocycles. The molecule has 1 aromatic carbocycles. The van der Waals surface area contributed by atoms with Gasteiger partial charge in [-0.1, -0.05) is 32.0 Å². The number of methoxy groups -OCH3 is 1. The largest absolute Gasteiger partial charge is 0.497 e. The van der Waals surface area contributed by atoms with Crippen LogP contribution in [0.2, 0.25) is 0 Å². The first-order valence-corrected chi connectivity index (χ1v) is 10.5. The lowest BCUT2D eigenvalue weighted by atomic mass is 9.98. The normalized spacial score (nSPS) is 14.3. The Morgan fingerprint density at radius 2 is 1.76 bits per heavy atom. The van der Waals surface area contributed by atoms with Crippen molar-refractivity contribution in [3.8, 4) is 5.75 Å². The second kappa shape index (κ2) is 11.6. The highest BCUT2D eigenvalue weighted by Gasteiger charge is 2.35. The van der Waals surface area contributed by atoms with Crippen LogP contribution in [0.1, 0.15) is 37.4 Å². The number of nitrogens with two attached hydrogens (primary N) is 1. The van der Waals surface area contributed by atoms with Gasteiger partial charge in [-0.2, -0.15) is 13.2 Å². The van der Waals surface area contributed by atoms with Crippen molar-refractivity contribution in [2.24, 2.45) is 11.7 Å². The van der Waals surface area contributed by atoms with Gasteiger partial charge in [0.05, 0.1) is 19.6 Å². The Balaban J connectivity index is 2.23. The molecule has 1 heterocycles. The predicted molar refractivity (Wildman–Crippen MR) is 117 cm³/mol. The molecular formula is C23H29F3N4O3. The number of nitrogens with one attached hydrogen (secondary N) is 2. The lowest BCUT2D eigenvalue weighted by molar-refractivity contribution is -0.145. The smallest absolute Gasteiger partial charge is 0.391 e. The van der Waals surface area contributed by atoms with Gasteiger partial charge in [0.1, 0.15) is 11.8 Å². The maximum Gasteiger partial charge on any atom is 0.391 e. The molecule has 0 aliphatic carbocycles. The van der Waals surface area contributed by atoms with E-state index in [0.29, 0.717) is 11.3 Å². The van der Waals surface area contributed by atoms with E-state index in [1.54, 1.807) is 62.6 Å². The molecule has 0 aliphatic heterocycles. The fourth-order valence-corrected chi connectivity index (χ4v) is 3.18. The summed E-state index contributed by atoms with van der Waals surface area (Å²) in [5.41, 5.74) is 7.13. The summed E-state index contributed by atoms with van der Waals surface area (Å²) in [5, 5.41) is 5.02. The molecule has 180 valence electrons. The number of nitrogens with zero attached hydrogens (tertiary/aromatic N) is 1. The summed E-state index contributed by atoms with van der Waals surface area (Å²) in [5.74, 6) is -1.33. The Bertz CT molecular complexity index is 905. The molecule has 0 bridgehead atoms. The standard InChI is InChI=1S/C23H29F3N4O3/c1-14(2)19(12-23(24,25)26)29-22(32)20(16-6-8-17(33-3)9-7-16)30-21(31)18(27)11-15-5-4-10-28-13-15/h4-10,13-14,18-20H,11-12,27H2,1-3H3,(H,29,32)(H,30,31)/t18?,19-,20?/m1/s1. The summed E-state index contributed by atoms with van der Waals surface area (Å²) >= 11 is 0. The van der Waals surface area contributed by atoms with Crippen LogP contribution < -0.4 is 21.1 Å². The van der Waals surface area contributed by atoms with Crippen molar-refractivity contribution in [2.45, 2.75) is 51.0 Å². The summed E-state index contributed by atoms with van der Waals surface area (Å²) in [6.45, 7) is 3.17. The van der Waals surface area contributed by atoms with Crippen molar-refractivity contribution in [2.75, 3.05) is 7.11 Å². The zero-order chi connectivity index (χ0) is 24.6. The third-order valence-electron chi connectivity index (χ3n) is 5.10. The number of pyridine rings is 1. The number of hydrogen-bond acceptors (Lipinski definition) is 5. The second-order valence-electron chi connectivity index (χ2n) is 8.07. The summed E-state index contributed by atoms with van der Waals surface area (Å²) < 4.78 is 44.1. The van der Waals surface area contributed by atoms with Gasteiger partial charge in [-0.25, -0.2) is 0 Å². The lowest BCUT2D eigenvalue weighted by Gasteiger charge is -2.27. The Labute approximate surface area is 190 Å². The third kappa shape index (κ3) is 8.38. The average molecular weight is 467 g/mol. The summed E-state index contributed by atoms with van der Waals surface area (Å²) in [6, 6.07) is 6.39. The minimum absolute atomic E-state index is 0.180. The van der Waals surface area contributed by atoms with Gasteiger partial charge in [-0.3, -0.25) is 14.6 Å². The average Bonchev–Trinajstić information content (AvgIpc) is 2.76. The van der Waals surface area contributed by atoms with E-state index in [-0.39, 0.29) is 6.42 Å². The van der Waals surface area contributed by atoms with Crippen LogP contribution in [0, 0.1) is 5.92 Å². The van der Waals surface area contributed by atoms with E-state index in [9.17, 15) is 22.8 Å². The molecule has 4 N–H and O–H groups in total. The Morgan fingerprint density at radius 3 is 2.27 bits per heavy atom. The molecule has 2 unspecified atom stereocenters. The quantitative estimate of drug-likeness (QED) is 0.499. The summed E-state index contributed by atoms with van der Waals surface area (Å²) in [6.07, 6.45) is -2.29. The van der Waals surface area contributed by atoms with E-state index in [4.69, 9.17) is 10.5 Å². The Hall–Kier alpha value is -3.14. The molecule has 0 spiro atoms. The van der Waals surface area contributed by atoms with Crippen LogP contribution in [0.15, 0.2) is 48.8 Å². The first kappa shape index (κ1) is 26.1. The number of alkyl halides is 3. The lowest BCUT2D eigenvalue weighted by Crippen LogP contribution is -2.50. The topological polar surface area (TPSA) is 106 Å².